The average molecular weight is 530 g/mol. The number of nitrogens with one attached hydrogen (secondary N) is 2. The van der Waals surface area contributed by atoms with Crippen molar-refractivity contribution < 1.29 is 8.42 Å². The smallest absolute Gasteiger partial charge is 0.272 e. The van der Waals surface area contributed by atoms with Crippen LogP contribution >= 0.6 is 50.5 Å². The molecule has 6 nitrogen and oxygen atoms in total. The van der Waals surface area contributed by atoms with Crippen LogP contribution in [0, 0.1) is 0 Å². The Morgan fingerprint density at radius 1 is 0.931 bits per heavy atom. The minimum Gasteiger partial charge on any atom is -0.336 e. The highest BCUT2D eigenvalue weighted by molar-refractivity contribution is 9.11. The van der Waals surface area contributed by atoms with Gasteiger partial charge in [0.1, 0.15) is 4.21 Å². The van der Waals surface area contributed by atoms with Gasteiger partial charge in [-0.15, -0.1) is 11.3 Å². The molecule has 0 spiro atoms. The summed E-state index contributed by atoms with van der Waals surface area (Å²) in [5.41, 5.74) is 1.66. The van der Waals surface area contributed by atoms with E-state index in [9.17, 15) is 8.42 Å². The van der Waals surface area contributed by atoms with Gasteiger partial charge in [0, 0.05) is 5.02 Å². The number of benzene rings is 2. The summed E-state index contributed by atoms with van der Waals surface area (Å²) in [4.78, 5) is 8.96. The number of rotatable bonds is 5. The SMILES string of the molecule is O=S(=O)(Nc1nc2ccccc2nc1Nc1ccc(Cl)cc1Cl)c1ccc(Br)s1. The van der Waals surface area contributed by atoms with E-state index in [4.69, 9.17) is 23.2 Å². The van der Waals surface area contributed by atoms with E-state index < -0.39 is 10.0 Å². The summed E-state index contributed by atoms with van der Waals surface area (Å²) in [6, 6.07) is 15.2. The molecular formula is C18H11BrCl2N4O2S2. The molecule has 0 aliphatic rings. The third-order valence-corrected chi connectivity index (χ3v) is 7.80. The number of para-hydroxylation sites is 2. The van der Waals surface area contributed by atoms with E-state index in [1.54, 1.807) is 42.5 Å². The first-order chi connectivity index (χ1) is 13.8. The molecule has 0 bridgehead atoms. The normalized spacial score (nSPS) is 11.6. The Kier molecular flexibility index (Phi) is 5.67. The maximum atomic E-state index is 12.8. The zero-order valence-electron chi connectivity index (χ0n) is 14.4. The first-order valence-corrected chi connectivity index (χ1v) is 11.9. The van der Waals surface area contributed by atoms with Crippen molar-refractivity contribution >= 4 is 88.8 Å². The van der Waals surface area contributed by atoms with Crippen molar-refractivity contribution in [2.75, 3.05) is 10.0 Å². The van der Waals surface area contributed by atoms with Gasteiger partial charge in [0.15, 0.2) is 11.6 Å². The number of anilines is 3. The van der Waals surface area contributed by atoms with Crippen LogP contribution in [0.5, 0.6) is 0 Å². The summed E-state index contributed by atoms with van der Waals surface area (Å²) in [5.74, 6) is 0.270. The zero-order chi connectivity index (χ0) is 20.6. The molecule has 2 aromatic carbocycles. The van der Waals surface area contributed by atoms with Gasteiger partial charge in [-0.05, 0) is 58.4 Å². The molecule has 4 aromatic rings. The largest absolute Gasteiger partial charge is 0.336 e. The van der Waals surface area contributed by atoms with Gasteiger partial charge < -0.3 is 5.32 Å². The van der Waals surface area contributed by atoms with Gasteiger partial charge in [-0.3, -0.25) is 4.72 Å². The number of aromatic nitrogens is 2. The van der Waals surface area contributed by atoms with Gasteiger partial charge in [-0.25, -0.2) is 18.4 Å². The fourth-order valence-electron chi connectivity index (χ4n) is 2.50. The molecule has 0 atom stereocenters. The molecule has 0 saturated heterocycles. The Bertz CT molecular complexity index is 1330. The van der Waals surface area contributed by atoms with E-state index in [-0.39, 0.29) is 15.8 Å². The molecule has 0 fully saturated rings. The minimum absolute atomic E-state index is 0.0549. The molecule has 0 saturated carbocycles. The molecule has 148 valence electrons. The van der Waals surface area contributed by atoms with Crippen molar-refractivity contribution in [1.29, 1.82) is 0 Å². The third kappa shape index (κ3) is 4.49. The van der Waals surface area contributed by atoms with E-state index >= 15 is 0 Å². The lowest BCUT2D eigenvalue weighted by Gasteiger charge is -2.14. The number of thiophene rings is 1. The van der Waals surface area contributed by atoms with Crippen molar-refractivity contribution in [3.8, 4) is 0 Å². The van der Waals surface area contributed by atoms with E-state index in [2.05, 4.69) is 35.9 Å². The predicted octanol–water partition coefficient (Wildman–Crippen LogP) is 6.31. The van der Waals surface area contributed by atoms with Gasteiger partial charge in [0.2, 0.25) is 0 Å². The number of halogens is 3. The molecule has 4 rings (SSSR count). The van der Waals surface area contributed by atoms with Crippen LogP contribution in [0.3, 0.4) is 0 Å². The zero-order valence-corrected chi connectivity index (χ0v) is 19.1. The molecule has 2 aromatic heterocycles. The van der Waals surface area contributed by atoms with E-state index in [0.717, 1.165) is 11.3 Å². The fraction of sp³-hybridized carbons (Fsp3) is 0. The van der Waals surface area contributed by atoms with Crippen LogP contribution in [0.1, 0.15) is 0 Å². The van der Waals surface area contributed by atoms with Crippen molar-refractivity contribution in [2.45, 2.75) is 4.21 Å². The third-order valence-electron chi connectivity index (χ3n) is 3.80. The number of hydrogen-bond donors (Lipinski definition) is 2. The maximum Gasteiger partial charge on any atom is 0.272 e. The average Bonchev–Trinajstić information content (AvgIpc) is 3.11. The first kappa shape index (κ1) is 20.4. The quantitative estimate of drug-likeness (QED) is 0.316. The molecule has 11 heteroatoms. The lowest BCUT2D eigenvalue weighted by atomic mass is 10.3. The van der Waals surface area contributed by atoms with E-state index in [1.807, 2.05) is 6.07 Å². The Hall–Kier alpha value is -1.91. The van der Waals surface area contributed by atoms with E-state index in [1.165, 1.54) is 6.07 Å². The summed E-state index contributed by atoms with van der Waals surface area (Å²) in [5, 5.41) is 3.89. The Balaban J connectivity index is 1.80. The summed E-state index contributed by atoms with van der Waals surface area (Å²) in [6.07, 6.45) is 0. The van der Waals surface area contributed by atoms with Crippen molar-refractivity contribution in [1.82, 2.24) is 9.97 Å². The molecule has 2 heterocycles. The van der Waals surface area contributed by atoms with Crippen LogP contribution in [0.15, 0.2) is 62.6 Å². The predicted molar refractivity (Wildman–Crippen MR) is 122 cm³/mol. The van der Waals surface area contributed by atoms with Crippen molar-refractivity contribution in [3.63, 3.8) is 0 Å². The first-order valence-electron chi connectivity index (χ1n) is 8.09. The maximum absolute atomic E-state index is 12.8. The summed E-state index contributed by atoms with van der Waals surface area (Å²) in [7, 11) is -3.85. The van der Waals surface area contributed by atoms with Crippen molar-refractivity contribution in [2.24, 2.45) is 0 Å². The highest BCUT2D eigenvalue weighted by Crippen LogP contribution is 2.33. The molecule has 29 heavy (non-hydrogen) atoms. The van der Waals surface area contributed by atoms with Crippen LogP contribution in [0.2, 0.25) is 10.0 Å². The topological polar surface area (TPSA) is 84.0 Å². The monoisotopic (exact) mass is 528 g/mol. The number of fused-ring (bicyclic) bond motifs is 1. The molecule has 0 unspecified atom stereocenters. The van der Waals surface area contributed by atoms with Crippen LogP contribution < -0.4 is 10.0 Å². The summed E-state index contributed by atoms with van der Waals surface area (Å²) in [6.45, 7) is 0. The molecule has 2 N–H and O–H groups in total. The number of nitrogens with zero attached hydrogens (tertiary/aromatic N) is 2. The summed E-state index contributed by atoms with van der Waals surface area (Å²) >= 11 is 16.6. The van der Waals surface area contributed by atoms with Gasteiger partial charge in [0.25, 0.3) is 10.0 Å². The second-order valence-electron chi connectivity index (χ2n) is 5.82. The fourth-order valence-corrected chi connectivity index (χ4v) is 5.97. The standard InChI is InChI=1S/C18H11BrCl2N4O2S2/c19-15-7-8-16(28-15)29(26,27)25-18-17(22-12-6-5-10(20)9-11(12)21)23-13-3-1-2-4-14(13)24-18/h1-9H,(H,22,23)(H,24,25). The molecule has 0 aliphatic heterocycles. The Labute approximate surface area is 189 Å². The van der Waals surface area contributed by atoms with Crippen LogP contribution in [-0.2, 0) is 10.0 Å². The molecular weight excluding hydrogens is 519 g/mol. The summed E-state index contributed by atoms with van der Waals surface area (Å²) < 4.78 is 29.0. The van der Waals surface area contributed by atoms with Gasteiger partial charge in [-0.2, -0.15) is 0 Å². The lowest BCUT2D eigenvalue weighted by molar-refractivity contribution is 0.603. The second-order valence-corrected chi connectivity index (χ2v) is 11.0. The molecule has 0 radical (unpaired) electrons. The van der Waals surface area contributed by atoms with Crippen LogP contribution in [0.4, 0.5) is 17.3 Å². The molecule has 0 aliphatic carbocycles. The van der Waals surface area contributed by atoms with Crippen molar-refractivity contribution in [3.05, 3.63) is 68.4 Å². The highest BCUT2D eigenvalue weighted by Gasteiger charge is 2.21. The van der Waals surface area contributed by atoms with E-state index in [0.29, 0.717) is 30.6 Å². The van der Waals surface area contributed by atoms with Gasteiger partial charge in [-0.1, -0.05) is 35.3 Å². The minimum atomic E-state index is -3.85. The van der Waals surface area contributed by atoms with Crippen LogP contribution in [0.25, 0.3) is 11.0 Å². The Morgan fingerprint density at radius 3 is 2.24 bits per heavy atom. The van der Waals surface area contributed by atoms with Gasteiger partial charge >= 0.3 is 0 Å². The van der Waals surface area contributed by atoms with Gasteiger partial charge in [0.05, 0.1) is 25.5 Å². The lowest BCUT2D eigenvalue weighted by Crippen LogP contribution is -2.15. The Morgan fingerprint density at radius 2 is 1.62 bits per heavy atom. The number of sulfonamides is 1. The number of hydrogen-bond acceptors (Lipinski definition) is 6. The second kappa shape index (κ2) is 8.08. The highest BCUT2D eigenvalue weighted by atomic mass is 79.9. The molecule has 0 amide bonds. The van der Waals surface area contributed by atoms with Crippen LogP contribution in [-0.4, -0.2) is 18.4 Å².